The molecule has 0 heterocycles. The maximum Gasteiger partial charge on any atom is 0.0899 e. The van der Waals surface area contributed by atoms with Gasteiger partial charge in [-0.15, -0.1) is 0 Å². The van der Waals surface area contributed by atoms with Gasteiger partial charge in [0.1, 0.15) is 0 Å². The minimum absolute atomic E-state index is 0.372. The number of halogens is 1. The average molecular weight is 294 g/mol. The van der Waals surface area contributed by atoms with Crippen LogP contribution in [-0.4, -0.2) is 55.3 Å². The summed E-state index contributed by atoms with van der Waals surface area (Å²) in [5, 5.41) is 10.7. The lowest BCUT2D eigenvalue weighted by Gasteiger charge is -2.32. The molecule has 0 aliphatic heterocycles. The molecule has 0 saturated heterocycles. The molecule has 1 atom stereocenters. The second kappa shape index (κ2) is 6.94. The molecule has 1 aliphatic carbocycles. The molecule has 0 aromatic rings. The molecule has 0 spiro atoms. The highest BCUT2D eigenvalue weighted by atomic mass is 79.9. The number of nitrogens with zero attached hydrogens (tertiary/aromatic N) is 1. The Morgan fingerprint density at radius 2 is 2.06 bits per heavy atom. The van der Waals surface area contributed by atoms with Crippen LogP contribution in [0.25, 0.3) is 0 Å². The molecule has 0 aromatic carbocycles. The van der Waals surface area contributed by atoms with Crippen LogP contribution in [0.4, 0.5) is 0 Å². The minimum Gasteiger partial charge on any atom is -0.389 e. The van der Waals surface area contributed by atoms with Gasteiger partial charge in [-0.05, 0) is 25.3 Å². The normalized spacial score (nSPS) is 21.6. The van der Waals surface area contributed by atoms with E-state index in [1.165, 1.54) is 25.7 Å². The number of alkyl halides is 1. The quantitative estimate of drug-likeness (QED) is 0.728. The fourth-order valence-electron chi connectivity index (χ4n) is 2.70. The van der Waals surface area contributed by atoms with Crippen molar-refractivity contribution in [3.8, 4) is 0 Å². The minimum atomic E-state index is -0.372. The molecule has 3 nitrogen and oxygen atoms in total. The first-order valence-electron chi connectivity index (χ1n) is 6.03. The zero-order valence-electron chi connectivity index (χ0n) is 10.4. The molecule has 4 heteroatoms. The van der Waals surface area contributed by atoms with E-state index in [-0.39, 0.29) is 6.10 Å². The zero-order valence-corrected chi connectivity index (χ0v) is 12.0. The van der Waals surface area contributed by atoms with Crippen molar-refractivity contribution in [3.05, 3.63) is 0 Å². The Balaban J connectivity index is 2.34. The van der Waals surface area contributed by atoms with E-state index in [2.05, 4.69) is 27.9 Å². The molecular weight excluding hydrogens is 270 g/mol. The highest BCUT2D eigenvalue weighted by molar-refractivity contribution is 9.09. The van der Waals surface area contributed by atoms with Crippen molar-refractivity contribution >= 4 is 15.9 Å². The fourth-order valence-corrected chi connectivity index (χ4v) is 3.44. The van der Waals surface area contributed by atoms with Crippen LogP contribution < -0.4 is 0 Å². The van der Waals surface area contributed by atoms with Gasteiger partial charge in [-0.2, -0.15) is 0 Å². The van der Waals surface area contributed by atoms with Crippen molar-refractivity contribution < 1.29 is 9.84 Å². The van der Waals surface area contributed by atoms with Crippen LogP contribution in [0.15, 0.2) is 0 Å². The van der Waals surface area contributed by atoms with E-state index < -0.39 is 0 Å². The van der Waals surface area contributed by atoms with Crippen LogP contribution in [0.2, 0.25) is 0 Å². The highest BCUT2D eigenvalue weighted by Gasteiger charge is 2.33. The third kappa shape index (κ3) is 4.32. The summed E-state index contributed by atoms with van der Waals surface area (Å²) >= 11 is 3.64. The first-order chi connectivity index (χ1) is 7.62. The maximum atomic E-state index is 9.67. The summed E-state index contributed by atoms with van der Waals surface area (Å²) in [5.41, 5.74) is 0.432. The third-order valence-corrected chi connectivity index (χ3v) is 4.62. The zero-order chi connectivity index (χ0) is 12.0. The van der Waals surface area contributed by atoms with Crippen LogP contribution in [0.1, 0.15) is 25.7 Å². The summed E-state index contributed by atoms with van der Waals surface area (Å²) in [4.78, 5) is 2.23. The Labute approximate surface area is 107 Å². The first-order valence-corrected chi connectivity index (χ1v) is 7.15. The van der Waals surface area contributed by atoms with E-state index in [1.54, 1.807) is 7.11 Å². The number of rotatable bonds is 7. The largest absolute Gasteiger partial charge is 0.389 e. The third-order valence-electron chi connectivity index (χ3n) is 3.43. The molecule has 0 amide bonds. The Bertz CT molecular complexity index is 195. The average Bonchev–Trinajstić information content (AvgIpc) is 2.67. The molecule has 1 unspecified atom stereocenters. The summed E-state index contributed by atoms with van der Waals surface area (Å²) < 4.78 is 4.94. The molecule has 1 rings (SSSR count). The lowest BCUT2D eigenvalue weighted by Crippen LogP contribution is -2.40. The van der Waals surface area contributed by atoms with E-state index in [1.807, 2.05) is 0 Å². The van der Waals surface area contributed by atoms with Gasteiger partial charge < -0.3 is 14.7 Å². The standard InChI is InChI=1S/C12H24BrNO2/c1-14(7-11(15)8-16-2)10-12(9-13)5-3-4-6-12/h11,15H,3-10H2,1-2H3. The number of ether oxygens (including phenoxy) is 1. The van der Waals surface area contributed by atoms with E-state index in [0.717, 1.165) is 11.9 Å². The summed E-state index contributed by atoms with van der Waals surface area (Å²) in [7, 11) is 3.71. The number of hydrogen-bond acceptors (Lipinski definition) is 3. The maximum absolute atomic E-state index is 9.67. The van der Waals surface area contributed by atoms with Gasteiger partial charge in [0.2, 0.25) is 0 Å². The Kier molecular flexibility index (Phi) is 6.26. The highest BCUT2D eigenvalue weighted by Crippen LogP contribution is 2.40. The number of aliphatic hydroxyl groups is 1. The molecule has 1 N–H and O–H groups in total. The SMILES string of the molecule is COCC(O)CN(C)CC1(CBr)CCCC1. The van der Waals surface area contributed by atoms with Gasteiger partial charge >= 0.3 is 0 Å². The lowest BCUT2D eigenvalue weighted by atomic mass is 9.88. The van der Waals surface area contributed by atoms with Crippen molar-refractivity contribution in [1.82, 2.24) is 4.90 Å². The van der Waals surface area contributed by atoms with Gasteiger partial charge in [-0.25, -0.2) is 0 Å². The lowest BCUT2D eigenvalue weighted by molar-refractivity contribution is 0.0356. The van der Waals surface area contributed by atoms with E-state index in [4.69, 9.17) is 4.74 Å². The molecule has 0 bridgehead atoms. The molecule has 0 radical (unpaired) electrons. The van der Waals surface area contributed by atoms with Crippen molar-refractivity contribution in [2.75, 3.05) is 39.2 Å². The van der Waals surface area contributed by atoms with Gasteiger partial charge in [-0.3, -0.25) is 0 Å². The van der Waals surface area contributed by atoms with Crippen LogP contribution >= 0.6 is 15.9 Å². The number of likely N-dealkylation sites (N-methyl/N-ethyl adjacent to an activating group) is 1. The Morgan fingerprint density at radius 1 is 1.44 bits per heavy atom. The summed E-state index contributed by atoms with van der Waals surface area (Å²) in [6.45, 7) is 2.19. The van der Waals surface area contributed by atoms with Crippen LogP contribution in [-0.2, 0) is 4.74 Å². The molecule has 1 aliphatic rings. The van der Waals surface area contributed by atoms with Crippen molar-refractivity contribution in [1.29, 1.82) is 0 Å². The van der Waals surface area contributed by atoms with E-state index >= 15 is 0 Å². The summed E-state index contributed by atoms with van der Waals surface area (Å²) in [5.74, 6) is 0. The molecular formula is C12H24BrNO2. The van der Waals surface area contributed by atoms with E-state index in [0.29, 0.717) is 18.6 Å². The first kappa shape index (κ1) is 14.4. The number of hydrogen-bond donors (Lipinski definition) is 1. The smallest absolute Gasteiger partial charge is 0.0899 e. The van der Waals surface area contributed by atoms with Crippen LogP contribution in [0, 0.1) is 5.41 Å². The van der Waals surface area contributed by atoms with Gasteiger partial charge in [0.15, 0.2) is 0 Å². The second-order valence-corrected chi connectivity index (χ2v) is 5.71. The Hall–Kier alpha value is 0.360. The van der Waals surface area contributed by atoms with Crippen molar-refractivity contribution in [2.45, 2.75) is 31.8 Å². The predicted octanol–water partition coefficient (Wildman–Crippen LogP) is 1.88. The monoisotopic (exact) mass is 293 g/mol. The van der Waals surface area contributed by atoms with Crippen molar-refractivity contribution in [2.24, 2.45) is 5.41 Å². The number of aliphatic hydroxyl groups excluding tert-OH is 1. The van der Waals surface area contributed by atoms with Gasteiger partial charge in [0, 0.05) is 25.5 Å². The van der Waals surface area contributed by atoms with Gasteiger partial charge in [-0.1, -0.05) is 28.8 Å². The Morgan fingerprint density at radius 3 is 2.56 bits per heavy atom. The molecule has 0 aromatic heterocycles. The summed E-state index contributed by atoms with van der Waals surface area (Å²) in [6, 6.07) is 0. The summed E-state index contributed by atoms with van der Waals surface area (Å²) in [6.07, 6.45) is 4.94. The van der Waals surface area contributed by atoms with Crippen LogP contribution in [0.3, 0.4) is 0 Å². The van der Waals surface area contributed by atoms with Gasteiger partial charge in [0.05, 0.1) is 12.7 Å². The molecule has 16 heavy (non-hydrogen) atoms. The van der Waals surface area contributed by atoms with Crippen molar-refractivity contribution in [3.63, 3.8) is 0 Å². The van der Waals surface area contributed by atoms with Crippen LogP contribution in [0.5, 0.6) is 0 Å². The number of methoxy groups -OCH3 is 1. The molecule has 1 fully saturated rings. The molecule has 96 valence electrons. The second-order valence-electron chi connectivity index (χ2n) is 5.15. The van der Waals surface area contributed by atoms with Gasteiger partial charge in [0.25, 0.3) is 0 Å². The predicted molar refractivity (Wildman–Crippen MR) is 70.1 cm³/mol. The topological polar surface area (TPSA) is 32.7 Å². The van der Waals surface area contributed by atoms with E-state index in [9.17, 15) is 5.11 Å². The molecule has 1 saturated carbocycles. The fraction of sp³-hybridized carbons (Fsp3) is 1.00.